The smallest absolute Gasteiger partial charge is 0.247 e. The molecular weight excluding hydrogens is 438 g/mol. The SMILES string of the molecule is C[C@@]1(C(=O)NCc2ccccc2)CN(S(=O)(=O)c2ccccc2)CC(=O)N1C1CCCCC1. The minimum absolute atomic E-state index is 0.0553. The molecule has 7 nitrogen and oxygen atoms in total. The van der Waals surface area contributed by atoms with Crippen LogP contribution in [0.15, 0.2) is 65.6 Å². The molecule has 1 heterocycles. The Morgan fingerprint density at radius 1 is 1.00 bits per heavy atom. The van der Waals surface area contributed by atoms with E-state index in [1.165, 1.54) is 12.1 Å². The zero-order chi connectivity index (χ0) is 23.5. The summed E-state index contributed by atoms with van der Waals surface area (Å²) in [4.78, 5) is 28.8. The van der Waals surface area contributed by atoms with Crippen LogP contribution in [0, 0.1) is 0 Å². The van der Waals surface area contributed by atoms with E-state index in [1.54, 1.807) is 30.0 Å². The fourth-order valence-electron chi connectivity index (χ4n) is 4.98. The van der Waals surface area contributed by atoms with Gasteiger partial charge in [0.25, 0.3) is 0 Å². The predicted octanol–water partition coefficient (Wildman–Crippen LogP) is 2.93. The van der Waals surface area contributed by atoms with Gasteiger partial charge >= 0.3 is 0 Å². The second-order valence-electron chi connectivity index (χ2n) is 9.08. The largest absolute Gasteiger partial charge is 0.350 e. The first kappa shape index (κ1) is 23.4. The molecule has 1 aliphatic carbocycles. The van der Waals surface area contributed by atoms with E-state index in [1.807, 2.05) is 30.3 Å². The number of rotatable bonds is 6. The van der Waals surface area contributed by atoms with Crippen molar-refractivity contribution in [1.82, 2.24) is 14.5 Å². The van der Waals surface area contributed by atoms with Crippen molar-refractivity contribution >= 4 is 21.8 Å². The molecule has 2 aliphatic rings. The first-order chi connectivity index (χ1) is 15.8. The standard InChI is InChI=1S/C25H31N3O4S/c1-25(24(30)26-17-20-11-5-2-6-12-20)19-27(33(31,32)22-15-9-4-10-16-22)18-23(29)28(25)21-13-7-3-8-14-21/h2,4-6,9-12,15-16,21H,3,7-8,13-14,17-19H2,1H3,(H,26,30)/t25-/m0/s1. The summed E-state index contributed by atoms with van der Waals surface area (Å²) in [6.45, 7) is 1.68. The lowest BCUT2D eigenvalue weighted by Crippen LogP contribution is -2.71. The summed E-state index contributed by atoms with van der Waals surface area (Å²) in [7, 11) is -3.91. The van der Waals surface area contributed by atoms with Crippen molar-refractivity contribution in [3.05, 3.63) is 66.2 Å². The van der Waals surface area contributed by atoms with Gasteiger partial charge in [0, 0.05) is 19.1 Å². The number of sulfonamides is 1. The maximum atomic E-state index is 13.6. The Hall–Kier alpha value is -2.71. The van der Waals surface area contributed by atoms with Crippen LogP contribution in [-0.4, -0.2) is 54.1 Å². The number of hydrogen-bond donors (Lipinski definition) is 1. The number of nitrogens with one attached hydrogen (secondary N) is 1. The quantitative estimate of drug-likeness (QED) is 0.705. The lowest BCUT2D eigenvalue weighted by molar-refractivity contribution is -0.157. The van der Waals surface area contributed by atoms with Crippen LogP contribution in [0.25, 0.3) is 0 Å². The van der Waals surface area contributed by atoms with Crippen molar-refractivity contribution in [2.45, 2.75) is 62.0 Å². The Bertz CT molecular complexity index is 1090. The highest BCUT2D eigenvalue weighted by atomic mass is 32.2. The maximum Gasteiger partial charge on any atom is 0.247 e. The maximum absolute atomic E-state index is 13.6. The molecule has 8 heteroatoms. The van der Waals surface area contributed by atoms with E-state index in [4.69, 9.17) is 0 Å². The lowest BCUT2D eigenvalue weighted by Gasteiger charge is -2.51. The number of nitrogens with zero attached hydrogens (tertiary/aromatic N) is 2. The molecule has 2 aromatic carbocycles. The van der Waals surface area contributed by atoms with Crippen molar-refractivity contribution < 1.29 is 18.0 Å². The molecule has 0 radical (unpaired) electrons. The fourth-order valence-corrected chi connectivity index (χ4v) is 6.49. The molecule has 0 aromatic heterocycles. The first-order valence-electron chi connectivity index (χ1n) is 11.5. The Morgan fingerprint density at radius 2 is 1.61 bits per heavy atom. The summed E-state index contributed by atoms with van der Waals surface area (Å²) >= 11 is 0. The minimum atomic E-state index is -3.91. The number of piperazine rings is 1. The number of benzene rings is 2. The third-order valence-electron chi connectivity index (χ3n) is 6.70. The van der Waals surface area contributed by atoms with Gasteiger partial charge in [0.05, 0.1) is 11.4 Å². The van der Waals surface area contributed by atoms with Crippen molar-refractivity contribution in [1.29, 1.82) is 0 Å². The summed E-state index contributed by atoms with van der Waals surface area (Å²) in [5.41, 5.74) is -0.358. The fraction of sp³-hybridized carbons (Fsp3) is 0.440. The van der Waals surface area contributed by atoms with Crippen LogP contribution in [-0.2, 0) is 26.2 Å². The van der Waals surface area contributed by atoms with Crippen LogP contribution in [0.4, 0.5) is 0 Å². The molecule has 0 unspecified atom stereocenters. The number of amides is 2. The van der Waals surface area contributed by atoms with Crippen molar-refractivity contribution in [3.8, 4) is 0 Å². The van der Waals surface area contributed by atoms with Crippen LogP contribution in [0.5, 0.6) is 0 Å². The van der Waals surface area contributed by atoms with Gasteiger partial charge in [0.1, 0.15) is 5.54 Å². The highest BCUT2D eigenvalue weighted by Crippen LogP contribution is 2.34. The molecule has 1 saturated carbocycles. The van der Waals surface area contributed by atoms with Crippen LogP contribution in [0.2, 0.25) is 0 Å². The Balaban J connectivity index is 1.64. The third kappa shape index (κ3) is 4.82. The topological polar surface area (TPSA) is 86.8 Å². The molecule has 1 aliphatic heterocycles. The van der Waals surface area contributed by atoms with E-state index < -0.39 is 15.6 Å². The normalized spacial score (nSPS) is 22.8. The van der Waals surface area contributed by atoms with Gasteiger partial charge < -0.3 is 10.2 Å². The number of hydrogen-bond acceptors (Lipinski definition) is 4. The van der Waals surface area contributed by atoms with E-state index in [2.05, 4.69) is 5.32 Å². The second kappa shape index (κ2) is 9.65. The molecular formula is C25H31N3O4S. The Morgan fingerprint density at radius 3 is 2.24 bits per heavy atom. The molecule has 176 valence electrons. The average molecular weight is 470 g/mol. The molecule has 2 amide bonds. The van der Waals surface area contributed by atoms with Crippen LogP contribution in [0.3, 0.4) is 0 Å². The lowest BCUT2D eigenvalue weighted by atomic mass is 9.87. The van der Waals surface area contributed by atoms with E-state index in [9.17, 15) is 18.0 Å². The molecule has 4 rings (SSSR count). The third-order valence-corrected chi connectivity index (χ3v) is 8.51. The number of carbonyl (C=O) groups is 2. The molecule has 1 saturated heterocycles. The van der Waals surface area contributed by atoms with Gasteiger partial charge in [0.15, 0.2) is 0 Å². The molecule has 1 N–H and O–H groups in total. The zero-order valence-electron chi connectivity index (χ0n) is 18.9. The van der Waals surface area contributed by atoms with Crippen LogP contribution in [0.1, 0.15) is 44.6 Å². The van der Waals surface area contributed by atoms with Gasteiger partial charge in [-0.25, -0.2) is 8.42 Å². The van der Waals surface area contributed by atoms with E-state index >= 15 is 0 Å². The minimum Gasteiger partial charge on any atom is -0.350 e. The highest BCUT2D eigenvalue weighted by Gasteiger charge is 2.52. The predicted molar refractivity (Wildman–Crippen MR) is 126 cm³/mol. The van der Waals surface area contributed by atoms with Crippen LogP contribution < -0.4 is 5.32 Å². The van der Waals surface area contributed by atoms with Gasteiger partial charge in [0.2, 0.25) is 21.8 Å². The molecule has 1 atom stereocenters. The zero-order valence-corrected chi connectivity index (χ0v) is 19.8. The summed E-state index contributed by atoms with van der Waals surface area (Å²) in [5, 5.41) is 2.96. The molecule has 2 fully saturated rings. The van der Waals surface area contributed by atoms with Gasteiger partial charge in [-0.2, -0.15) is 4.31 Å². The summed E-state index contributed by atoms with van der Waals surface area (Å²) in [6.07, 6.45) is 4.78. The second-order valence-corrected chi connectivity index (χ2v) is 11.0. The van der Waals surface area contributed by atoms with Crippen LogP contribution >= 0.6 is 0 Å². The Labute approximate surface area is 195 Å². The molecule has 0 spiro atoms. The van der Waals surface area contributed by atoms with E-state index in [0.29, 0.717) is 6.54 Å². The van der Waals surface area contributed by atoms with Crippen molar-refractivity contribution in [3.63, 3.8) is 0 Å². The number of carbonyl (C=O) groups excluding carboxylic acids is 2. The van der Waals surface area contributed by atoms with Gasteiger partial charge in [-0.1, -0.05) is 67.8 Å². The molecule has 33 heavy (non-hydrogen) atoms. The van der Waals surface area contributed by atoms with E-state index in [0.717, 1.165) is 42.0 Å². The first-order valence-corrected chi connectivity index (χ1v) is 13.0. The monoisotopic (exact) mass is 469 g/mol. The van der Waals surface area contributed by atoms with Gasteiger partial charge in [-0.05, 0) is 37.5 Å². The van der Waals surface area contributed by atoms with E-state index in [-0.39, 0.29) is 35.8 Å². The molecule has 2 aromatic rings. The van der Waals surface area contributed by atoms with Gasteiger partial charge in [-0.15, -0.1) is 0 Å². The summed E-state index contributed by atoms with van der Waals surface area (Å²) < 4.78 is 27.8. The summed E-state index contributed by atoms with van der Waals surface area (Å²) in [5.74, 6) is -0.650. The summed E-state index contributed by atoms with van der Waals surface area (Å²) in [6, 6.07) is 17.6. The average Bonchev–Trinajstić information content (AvgIpc) is 2.84. The van der Waals surface area contributed by atoms with Gasteiger partial charge in [-0.3, -0.25) is 9.59 Å². The molecule has 0 bridgehead atoms. The van der Waals surface area contributed by atoms with Crippen molar-refractivity contribution in [2.75, 3.05) is 13.1 Å². The Kier molecular flexibility index (Phi) is 6.86. The van der Waals surface area contributed by atoms with Crippen molar-refractivity contribution in [2.24, 2.45) is 0 Å². The highest BCUT2D eigenvalue weighted by molar-refractivity contribution is 7.89.